The summed E-state index contributed by atoms with van der Waals surface area (Å²) >= 11 is 0. The molecule has 0 fully saturated rings. The van der Waals surface area contributed by atoms with Gasteiger partial charge in [0.25, 0.3) is 5.91 Å². The molecule has 0 atom stereocenters. The number of hydrogen-bond donors (Lipinski definition) is 2. The van der Waals surface area contributed by atoms with Gasteiger partial charge in [-0.25, -0.2) is 5.43 Å². The van der Waals surface area contributed by atoms with E-state index in [1.165, 1.54) is 5.56 Å². The number of aryl methyl sites for hydroxylation is 1. The van der Waals surface area contributed by atoms with Gasteiger partial charge in [-0.2, -0.15) is 10.2 Å². The first kappa shape index (κ1) is 14.3. The lowest BCUT2D eigenvalue weighted by atomic mass is 9.89. The van der Waals surface area contributed by atoms with Gasteiger partial charge in [-0.05, 0) is 24.5 Å². The Kier molecular flexibility index (Phi) is 3.63. The molecule has 0 bridgehead atoms. The second-order valence-corrected chi connectivity index (χ2v) is 5.57. The number of carbonyl (C=O) groups is 1. The van der Waals surface area contributed by atoms with Gasteiger partial charge in [-0.3, -0.25) is 14.9 Å². The van der Waals surface area contributed by atoms with Gasteiger partial charge in [0.05, 0.1) is 11.9 Å². The van der Waals surface area contributed by atoms with Crippen LogP contribution in [-0.4, -0.2) is 27.3 Å². The standard InChI is InChI=1S/C18H15N5O/c24-18(23-20-11-12-4-3-9-19-10-12)17-15-8-7-13-5-1-2-6-14(13)16(15)21-22-17/h1-6,9-11H,7-8H2,(H,21,22)(H,23,24)/b20-11-. The molecular formula is C18H15N5O. The zero-order valence-corrected chi connectivity index (χ0v) is 12.9. The first-order valence-corrected chi connectivity index (χ1v) is 7.72. The molecule has 6 nitrogen and oxygen atoms in total. The van der Waals surface area contributed by atoms with Crippen LogP contribution in [0.5, 0.6) is 0 Å². The molecular weight excluding hydrogens is 302 g/mol. The third kappa shape index (κ3) is 2.58. The topological polar surface area (TPSA) is 83.0 Å². The molecule has 0 spiro atoms. The van der Waals surface area contributed by atoms with E-state index in [1.807, 2.05) is 30.3 Å². The SMILES string of the molecule is O=C(N/N=C\c1cccnc1)c1[nH]nc2c1CCc1ccccc1-2. The van der Waals surface area contributed by atoms with Crippen LogP contribution >= 0.6 is 0 Å². The molecule has 118 valence electrons. The summed E-state index contributed by atoms with van der Waals surface area (Å²) in [6.45, 7) is 0. The minimum absolute atomic E-state index is 0.289. The number of hydrogen-bond acceptors (Lipinski definition) is 4. The van der Waals surface area contributed by atoms with Crippen LogP contribution in [-0.2, 0) is 12.8 Å². The molecule has 2 N–H and O–H groups in total. The van der Waals surface area contributed by atoms with Crippen LogP contribution in [0.3, 0.4) is 0 Å². The minimum atomic E-state index is -0.289. The Morgan fingerprint density at radius 1 is 1.21 bits per heavy atom. The lowest BCUT2D eigenvalue weighted by molar-refractivity contribution is 0.0949. The van der Waals surface area contributed by atoms with Crippen molar-refractivity contribution >= 4 is 12.1 Å². The van der Waals surface area contributed by atoms with E-state index in [-0.39, 0.29) is 5.91 Å². The third-order valence-electron chi connectivity index (χ3n) is 4.08. The average molecular weight is 317 g/mol. The Morgan fingerprint density at radius 3 is 3.00 bits per heavy atom. The fourth-order valence-electron chi connectivity index (χ4n) is 2.92. The molecule has 1 amide bonds. The molecule has 6 heteroatoms. The first-order valence-electron chi connectivity index (χ1n) is 7.72. The van der Waals surface area contributed by atoms with Crippen molar-refractivity contribution in [1.82, 2.24) is 20.6 Å². The van der Waals surface area contributed by atoms with Crippen molar-refractivity contribution in [1.29, 1.82) is 0 Å². The Balaban J connectivity index is 1.55. The second-order valence-electron chi connectivity index (χ2n) is 5.57. The summed E-state index contributed by atoms with van der Waals surface area (Å²) in [6, 6.07) is 11.8. The number of rotatable bonds is 3. The lowest BCUT2D eigenvalue weighted by Gasteiger charge is -2.15. The smallest absolute Gasteiger partial charge is 0.272 e. The molecule has 1 aromatic carbocycles. The monoisotopic (exact) mass is 317 g/mol. The van der Waals surface area contributed by atoms with Crippen molar-refractivity contribution in [3.63, 3.8) is 0 Å². The van der Waals surface area contributed by atoms with Gasteiger partial charge in [0.1, 0.15) is 5.69 Å². The summed E-state index contributed by atoms with van der Waals surface area (Å²) in [4.78, 5) is 16.4. The van der Waals surface area contributed by atoms with Crippen molar-refractivity contribution in [3.05, 3.63) is 71.2 Å². The normalized spacial score (nSPS) is 12.7. The van der Waals surface area contributed by atoms with Crippen LogP contribution in [0.1, 0.15) is 27.2 Å². The Hall–Kier alpha value is -3.28. The number of pyridine rings is 1. The molecule has 1 aliphatic carbocycles. The minimum Gasteiger partial charge on any atom is -0.272 e. The summed E-state index contributed by atoms with van der Waals surface area (Å²) in [7, 11) is 0. The largest absolute Gasteiger partial charge is 0.289 e. The number of benzene rings is 1. The molecule has 4 rings (SSSR count). The van der Waals surface area contributed by atoms with Gasteiger partial charge in [0.15, 0.2) is 0 Å². The van der Waals surface area contributed by atoms with Crippen molar-refractivity contribution in [2.24, 2.45) is 5.10 Å². The van der Waals surface area contributed by atoms with Gasteiger partial charge in [-0.15, -0.1) is 0 Å². The number of aromatic nitrogens is 3. The zero-order chi connectivity index (χ0) is 16.4. The number of aromatic amines is 1. The van der Waals surface area contributed by atoms with Crippen molar-refractivity contribution in [3.8, 4) is 11.3 Å². The molecule has 3 aromatic rings. The van der Waals surface area contributed by atoms with Crippen LogP contribution in [0, 0.1) is 0 Å². The summed E-state index contributed by atoms with van der Waals surface area (Å²) in [5.41, 5.74) is 7.99. The molecule has 0 radical (unpaired) electrons. The van der Waals surface area contributed by atoms with Crippen LogP contribution in [0.25, 0.3) is 11.3 Å². The fraction of sp³-hybridized carbons (Fsp3) is 0.111. The maximum atomic E-state index is 12.4. The summed E-state index contributed by atoms with van der Waals surface area (Å²) < 4.78 is 0. The van der Waals surface area contributed by atoms with E-state index in [1.54, 1.807) is 18.6 Å². The van der Waals surface area contributed by atoms with Gasteiger partial charge in [0, 0.05) is 29.1 Å². The number of nitrogens with one attached hydrogen (secondary N) is 2. The summed E-state index contributed by atoms with van der Waals surface area (Å²) in [5, 5.41) is 11.2. The van der Waals surface area contributed by atoms with Gasteiger partial charge < -0.3 is 0 Å². The first-order chi connectivity index (χ1) is 11.8. The third-order valence-corrected chi connectivity index (χ3v) is 4.08. The molecule has 0 saturated heterocycles. The number of fused-ring (bicyclic) bond motifs is 3. The summed E-state index contributed by atoms with van der Waals surface area (Å²) in [5.74, 6) is -0.289. The highest BCUT2D eigenvalue weighted by molar-refractivity contribution is 5.96. The quantitative estimate of drug-likeness (QED) is 0.574. The number of nitrogens with zero attached hydrogens (tertiary/aromatic N) is 3. The average Bonchev–Trinajstić information content (AvgIpc) is 3.07. The van der Waals surface area contributed by atoms with E-state index in [2.05, 4.69) is 31.8 Å². The van der Waals surface area contributed by atoms with E-state index in [0.717, 1.165) is 35.2 Å². The number of amides is 1. The molecule has 0 unspecified atom stereocenters. The number of H-pyrrole nitrogens is 1. The highest BCUT2D eigenvalue weighted by Crippen LogP contribution is 2.33. The van der Waals surface area contributed by atoms with Crippen molar-refractivity contribution < 1.29 is 4.79 Å². The fourth-order valence-corrected chi connectivity index (χ4v) is 2.92. The van der Waals surface area contributed by atoms with Crippen LogP contribution in [0.15, 0.2) is 53.9 Å². The Labute approximate surface area is 138 Å². The number of carbonyl (C=O) groups excluding carboxylic acids is 1. The van der Waals surface area contributed by atoms with E-state index in [9.17, 15) is 4.79 Å². The van der Waals surface area contributed by atoms with Crippen molar-refractivity contribution in [2.45, 2.75) is 12.8 Å². The van der Waals surface area contributed by atoms with E-state index >= 15 is 0 Å². The molecule has 1 aliphatic rings. The number of hydrazone groups is 1. The predicted molar refractivity (Wildman–Crippen MR) is 90.7 cm³/mol. The van der Waals surface area contributed by atoms with Gasteiger partial charge in [-0.1, -0.05) is 30.3 Å². The maximum Gasteiger partial charge on any atom is 0.289 e. The Bertz CT molecular complexity index is 914. The molecule has 2 aromatic heterocycles. The Morgan fingerprint density at radius 2 is 2.12 bits per heavy atom. The van der Waals surface area contributed by atoms with Crippen LogP contribution in [0.4, 0.5) is 0 Å². The summed E-state index contributed by atoms with van der Waals surface area (Å²) in [6.07, 6.45) is 6.61. The van der Waals surface area contributed by atoms with Gasteiger partial charge >= 0.3 is 0 Å². The van der Waals surface area contributed by atoms with Crippen LogP contribution in [0.2, 0.25) is 0 Å². The highest BCUT2D eigenvalue weighted by atomic mass is 16.2. The maximum absolute atomic E-state index is 12.4. The molecule has 0 aliphatic heterocycles. The van der Waals surface area contributed by atoms with E-state index in [4.69, 9.17) is 0 Å². The molecule has 24 heavy (non-hydrogen) atoms. The predicted octanol–water partition coefficient (Wildman–Crippen LogP) is 2.33. The zero-order valence-electron chi connectivity index (χ0n) is 12.9. The van der Waals surface area contributed by atoms with Gasteiger partial charge in [0.2, 0.25) is 0 Å². The van der Waals surface area contributed by atoms with Crippen molar-refractivity contribution in [2.75, 3.05) is 0 Å². The lowest BCUT2D eigenvalue weighted by Crippen LogP contribution is -2.20. The second kappa shape index (κ2) is 6.08. The van der Waals surface area contributed by atoms with E-state index in [0.29, 0.717) is 5.69 Å². The highest BCUT2D eigenvalue weighted by Gasteiger charge is 2.24. The molecule has 0 saturated carbocycles. The molecule has 2 heterocycles. The van der Waals surface area contributed by atoms with E-state index < -0.39 is 0 Å². The van der Waals surface area contributed by atoms with Crippen LogP contribution < -0.4 is 5.43 Å².